The predicted molar refractivity (Wildman–Crippen MR) is 80.4 cm³/mol. The summed E-state index contributed by atoms with van der Waals surface area (Å²) in [5.41, 5.74) is 2.37. The molecular formula is C17H17N3. The third-order valence-electron chi connectivity index (χ3n) is 3.38. The highest BCUT2D eigenvalue weighted by atomic mass is 15.3. The number of aromatic nitrogens is 3. The van der Waals surface area contributed by atoms with E-state index in [1.807, 2.05) is 24.3 Å². The summed E-state index contributed by atoms with van der Waals surface area (Å²) < 4.78 is 2.18. The van der Waals surface area contributed by atoms with Crippen LogP contribution in [0.1, 0.15) is 18.3 Å². The van der Waals surface area contributed by atoms with Gasteiger partial charge in [-0.25, -0.2) is 0 Å². The van der Waals surface area contributed by atoms with Crippen LogP contribution in [0.15, 0.2) is 60.7 Å². The zero-order chi connectivity index (χ0) is 13.8. The molecule has 1 aromatic heterocycles. The molecule has 3 aromatic rings. The molecule has 0 radical (unpaired) electrons. The second kappa shape index (κ2) is 5.70. The molecule has 0 spiro atoms. The van der Waals surface area contributed by atoms with Crippen molar-refractivity contribution in [3.05, 3.63) is 72.1 Å². The van der Waals surface area contributed by atoms with Crippen LogP contribution in [0.4, 0.5) is 0 Å². The van der Waals surface area contributed by atoms with Gasteiger partial charge in [0.1, 0.15) is 5.82 Å². The van der Waals surface area contributed by atoms with Gasteiger partial charge in [-0.3, -0.25) is 0 Å². The van der Waals surface area contributed by atoms with Crippen molar-refractivity contribution in [2.75, 3.05) is 0 Å². The average Bonchev–Trinajstić information content (AvgIpc) is 2.92. The lowest BCUT2D eigenvalue weighted by Gasteiger charge is -2.07. The fraction of sp³-hybridized carbons (Fsp3) is 0.176. The Hall–Kier alpha value is -2.42. The molecule has 3 heteroatoms. The fourth-order valence-electron chi connectivity index (χ4n) is 2.38. The molecule has 0 saturated heterocycles. The SMILES string of the molecule is CCn1c(Cc2ccccc2)nnc1-c1ccccc1. The van der Waals surface area contributed by atoms with E-state index < -0.39 is 0 Å². The van der Waals surface area contributed by atoms with Crippen LogP contribution < -0.4 is 0 Å². The lowest BCUT2D eigenvalue weighted by molar-refractivity contribution is 0.718. The zero-order valence-corrected chi connectivity index (χ0v) is 11.5. The van der Waals surface area contributed by atoms with Crippen LogP contribution in [-0.2, 0) is 13.0 Å². The Bertz CT molecular complexity index is 672. The van der Waals surface area contributed by atoms with Crippen LogP contribution in [0.2, 0.25) is 0 Å². The normalized spacial score (nSPS) is 10.7. The maximum atomic E-state index is 4.37. The third-order valence-corrected chi connectivity index (χ3v) is 3.38. The van der Waals surface area contributed by atoms with Crippen LogP contribution in [0.3, 0.4) is 0 Å². The first-order chi connectivity index (χ1) is 9.88. The summed E-state index contributed by atoms with van der Waals surface area (Å²) in [6, 6.07) is 20.6. The first kappa shape index (κ1) is 12.6. The number of rotatable bonds is 4. The van der Waals surface area contributed by atoms with Crippen LogP contribution in [0, 0.1) is 0 Å². The predicted octanol–water partition coefficient (Wildman–Crippen LogP) is 3.56. The Morgan fingerprint density at radius 3 is 2.15 bits per heavy atom. The van der Waals surface area contributed by atoms with Crippen LogP contribution in [-0.4, -0.2) is 14.8 Å². The first-order valence-electron chi connectivity index (χ1n) is 6.90. The zero-order valence-electron chi connectivity index (χ0n) is 11.5. The summed E-state index contributed by atoms with van der Waals surface area (Å²) in [4.78, 5) is 0. The van der Waals surface area contributed by atoms with Crippen molar-refractivity contribution in [2.24, 2.45) is 0 Å². The van der Waals surface area contributed by atoms with E-state index in [-0.39, 0.29) is 0 Å². The van der Waals surface area contributed by atoms with Gasteiger partial charge in [-0.15, -0.1) is 10.2 Å². The summed E-state index contributed by atoms with van der Waals surface area (Å²) in [6.45, 7) is 3.00. The van der Waals surface area contributed by atoms with Crippen molar-refractivity contribution < 1.29 is 0 Å². The standard InChI is InChI=1S/C17H17N3/c1-2-20-16(13-14-9-5-3-6-10-14)18-19-17(20)15-11-7-4-8-12-15/h3-12H,2,13H2,1H3. The molecule has 0 atom stereocenters. The Labute approximate surface area is 118 Å². The summed E-state index contributed by atoms with van der Waals surface area (Å²) in [6.07, 6.45) is 0.814. The minimum Gasteiger partial charge on any atom is -0.311 e. The van der Waals surface area contributed by atoms with Crippen LogP contribution in [0.25, 0.3) is 11.4 Å². The molecule has 20 heavy (non-hydrogen) atoms. The first-order valence-corrected chi connectivity index (χ1v) is 6.90. The van der Waals surface area contributed by atoms with Gasteiger partial charge in [0.05, 0.1) is 0 Å². The number of nitrogens with zero attached hydrogens (tertiary/aromatic N) is 3. The quantitative estimate of drug-likeness (QED) is 0.720. The second-order valence-electron chi connectivity index (χ2n) is 4.71. The Balaban J connectivity index is 1.96. The second-order valence-corrected chi connectivity index (χ2v) is 4.71. The van der Waals surface area contributed by atoms with Crippen LogP contribution in [0.5, 0.6) is 0 Å². The molecule has 3 rings (SSSR count). The average molecular weight is 263 g/mol. The highest BCUT2D eigenvalue weighted by Crippen LogP contribution is 2.19. The number of hydrogen-bond acceptors (Lipinski definition) is 2. The molecule has 0 aliphatic rings. The van der Waals surface area contributed by atoms with E-state index >= 15 is 0 Å². The number of hydrogen-bond donors (Lipinski definition) is 0. The van der Waals surface area contributed by atoms with Crippen molar-refractivity contribution in [2.45, 2.75) is 19.9 Å². The van der Waals surface area contributed by atoms with Crippen molar-refractivity contribution in [3.63, 3.8) is 0 Å². The molecule has 100 valence electrons. The minimum absolute atomic E-state index is 0.814. The van der Waals surface area contributed by atoms with E-state index in [0.29, 0.717) is 0 Å². The van der Waals surface area contributed by atoms with E-state index in [2.05, 4.69) is 58.1 Å². The molecule has 1 heterocycles. The molecule has 0 unspecified atom stereocenters. The molecule has 0 N–H and O–H groups in total. The van der Waals surface area contributed by atoms with Crippen LogP contribution >= 0.6 is 0 Å². The Morgan fingerprint density at radius 2 is 1.50 bits per heavy atom. The molecule has 0 amide bonds. The minimum atomic E-state index is 0.814. The molecule has 3 nitrogen and oxygen atoms in total. The van der Waals surface area contributed by atoms with E-state index in [1.54, 1.807) is 0 Å². The monoisotopic (exact) mass is 263 g/mol. The summed E-state index contributed by atoms with van der Waals surface area (Å²) in [5.74, 6) is 1.96. The molecular weight excluding hydrogens is 246 g/mol. The summed E-state index contributed by atoms with van der Waals surface area (Å²) in [5, 5.41) is 8.74. The highest BCUT2D eigenvalue weighted by molar-refractivity contribution is 5.55. The van der Waals surface area contributed by atoms with E-state index in [0.717, 1.165) is 30.2 Å². The molecule has 0 aliphatic heterocycles. The molecule has 2 aromatic carbocycles. The van der Waals surface area contributed by atoms with Crippen molar-refractivity contribution >= 4 is 0 Å². The van der Waals surface area contributed by atoms with Gasteiger partial charge in [0.2, 0.25) is 0 Å². The van der Waals surface area contributed by atoms with Gasteiger partial charge in [0.25, 0.3) is 0 Å². The van der Waals surface area contributed by atoms with Crippen molar-refractivity contribution in [3.8, 4) is 11.4 Å². The topological polar surface area (TPSA) is 30.7 Å². The Morgan fingerprint density at radius 1 is 0.850 bits per heavy atom. The van der Waals surface area contributed by atoms with Gasteiger partial charge in [0, 0.05) is 18.5 Å². The van der Waals surface area contributed by atoms with Gasteiger partial charge in [-0.1, -0.05) is 60.7 Å². The summed E-state index contributed by atoms with van der Waals surface area (Å²) >= 11 is 0. The highest BCUT2D eigenvalue weighted by Gasteiger charge is 2.12. The van der Waals surface area contributed by atoms with E-state index in [9.17, 15) is 0 Å². The Kier molecular flexibility index (Phi) is 3.59. The third kappa shape index (κ3) is 2.48. The van der Waals surface area contributed by atoms with Gasteiger partial charge < -0.3 is 4.57 Å². The largest absolute Gasteiger partial charge is 0.311 e. The van der Waals surface area contributed by atoms with E-state index in [4.69, 9.17) is 0 Å². The van der Waals surface area contributed by atoms with Gasteiger partial charge >= 0.3 is 0 Å². The number of benzene rings is 2. The smallest absolute Gasteiger partial charge is 0.163 e. The van der Waals surface area contributed by atoms with Gasteiger partial charge in [-0.2, -0.15) is 0 Å². The van der Waals surface area contributed by atoms with E-state index in [1.165, 1.54) is 5.56 Å². The molecule has 0 bridgehead atoms. The molecule has 0 saturated carbocycles. The lowest BCUT2D eigenvalue weighted by Crippen LogP contribution is -2.04. The van der Waals surface area contributed by atoms with Crippen molar-refractivity contribution in [1.29, 1.82) is 0 Å². The molecule has 0 aliphatic carbocycles. The fourth-order valence-corrected chi connectivity index (χ4v) is 2.38. The lowest BCUT2D eigenvalue weighted by atomic mass is 10.1. The van der Waals surface area contributed by atoms with Gasteiger partial charge in [0.15, 0.2) is 5.82 Å². The molecule has 0 fully saturated rings. The van der Waals surface area contributed by atoms with Gasteiger partial charge in [-0.05, 0) is 12.5 Å². The maximum Gasteiger partial charge on any atom is 0.163 e. The summed E-state index contributed by atoms with van der Waals surface area (Å²) in [7, 11) is 0. The maximum absolute atomic E-state index is 4.37. The van der Waals surface area contributed by atoms with Crippen molar-refractivity contribution in [1.82, 2.24) is 14.8 Å².